The Morgan fingerprint density at radius 1 is 1.21 bits per heavy atom. The zero-order chi connectivity index (χ0) is 17.5. The molecule has 0 saturated heterocycles. The molecule has 4 nitrogen and oxygen atoms in total. The Kier molecular flexibility index (Phi) is 7.13. The van der Waals surface area contributed by atoms with Crippen molar-refractivity contribution in [2.75, 3.05) is 20.6 Å². The summed E-state index contributed by atoms with van der Waals surface area (Å²) in [5.41, 5.74) is 1.12. The first-order valence-corrected chi connectivity index (χ1v) is 8.97. The highest BCUT2D eigenvalue weighted by Gasteiger charge is 2.31. The van der Waals surface area contributed by atoms with E-state index in [-0.39, 0.29) is 23.7 Å². The molecule has 4 heteroatoms. The molecule has 0 bridgehead atoms. The molecule has 0 amide bonds. The predicted molar refractivity (Wildman–Crippen MR) is 97.1 cm³/mol. The van der Waals surface area contributed by atoms with Gasteiger partial charge in [-0.2, -0.15) is 0 Å². The maximum Gasteiger partial charge on any atom is 0.163 e. The monoisotopic (exact) mass is 330 g/mol. The van der Waals surface area contributed by atoms with E-state index in [1.807, 2.05) is 49.3 Å². The number of rotatable bonds is 9. The summed E-state index contributed by atoms with van der Waals surface area (Å²) in [4.78, 5) is 26.7. The van der Waals surface area contributed by atoms with E-state index in [1.165, 1.54) is 12.8 Å². The quantitative estimate of drug-likeness (QED) is 0.756. The van der Waals surface area contributed by atoms with Gasteiger partial charge in [0.2, 0.25) is 0 Å². The Bertz CT molecular complexity index is 538. The highest BCUT2D eigenvalue weighted by atomic mass is 16.1. The minimum absolute atomic E-state index is 0.0840. The third-order valence-corrected chi connectivity index (χ3v) is 5.21. The number of benzene rings is 1. The summed E-state index contributed by atoms with van der Waals surface area (Å²) in [6.45, 7) is 1.93. The molecule has 1 saturated carbocycles. The lowest BCUT2D eigenvalue weighted by atomic mass is 9.93. The van der Waals surface area contributed by atoms with E-state index in [1.54, 1.807) is 6.92 Å². The lowest BCUT2D eigenvalue weighted by Crippen LogP contribution is -2.48. The lowest BCUT2D eigenvalue weighted by molar-refractivity contribution is -0.126. The molecule has 1 aliphatic carbocycles. The van der Waals surface area contributed by atoms with Crippen LogP contribution >= 0.6 is 0 Å². The van der Waals surface area contributed by atoms with Crippen LogP contribution in [0.2, 0.25) is 0 Å². The largest absolute Gasteiger partial charge is 0.310 e. The van der Waals surface area contributed by atoms with Crippen LogP contribution in [0.4, 0.5) is 0 Å². The number of Topliss-reactive ketones (excluding diaryl/α,β-unsaturated/α-hetero) is 2. The molecule has 1 aliphatic rings. The van der Waals surface area contributed by atoms with E-state index in [9.17, 15) is 9.59 Å². The van der Waals surface area contributed by atoms with Crippen LogP contribution in [0.25, 0.3) is 0 Å². The zero-order valence-corrected chi connectivity index (χ0v) is 15.1. The van der Waals surface area contributed by atoms with Crippen LogP contribution in [0.1, 0.15) is 38.2 Å². The number of ketones is 2. The van der Waals surface area contributed by atoms with Crippen molar-refractivity contribution in [1.82, 2.24) is 10.2 Å². The van der Waals surface area contributed by atoms with Crippen LogP contribution in [0.5, 0.6) is 0 Å². The third kappa shape index (κ3) is 4.99. The summed E-state index contributed by atoms with van der Waals surface area (Å²) >= 11 is 0. The van der Waals surface area contributed by atoms with Gasteiger partial charge in [-0.05, 0) is 51.8 Å². The molecule has 0 heterocycles. The second-order valence-corrected chi connectivity index (χ2v) is 7.01. The fraction of sp³-hybridized carbons (Fsp3) is 0.600. The average Bonchev–Trinajstić information content (AvgIpc) is 3.08. The molecular formula is C20H30N2O2. The van der Waals surface area contributed by atoms with Gasteiger partial charge in [0.1, 0.15) is 5.78 Å². The summed E-state index contributed by atoms with van der Waals surface area (Å²) in [6, 6.07) is 9.65. The van der Waals surface area contributed by atoms with E-state index in [4.69, 9.17) is 0 Å². The smallest absolute Gasteiger partial charge is 0.163 e. The summed E-state index contributed by atoms with van der Waals surface area (Å²) < 4.78 is 0. The van der Waals surface area contributed by atoms with Gasteiger partial charge in [0, 0.05) is 0 Å². The third-order valence-electron chi connectivity index (χ3n) is 5.21. The molecule has 1 aromatic carbocycles. The number of hydrogen-bond donors (Lipinski definition) is 1. The molecule has 0 unspecified atom stereocenters. The minimum Gasteiger partial charge on any atom is -0.310 e. The Labute approximate surface area is 145 Å². The van der Waals surface area contributed by atoms with E-state index < -0.39 is 0 Å². The Balaban J connectivity index is 1.99. The first-order valence-electron chi connectivity index (χ1n) is 8.97. The number of carbonyl (C=O) groups excluding carboxylic acids is 2. The molecular weight excluding hydrogens is 300 g/mol. The van der Waals surface area contributed by atoms with Crippen LogP contribution in [0, 0.1) is 5.92 Å². The van der Waals surface area contributed by atoms with Crippen LogP contribution in [-0.2, 0) is 16.0 Å². The summed E-state index contributed by atoms with van der Waals surface area (Å²) in [7, 11) is 3.75. The summed E-state index contributed by atoms with van der Waals surface area (Å²) in [5.74, 6) is 0.753. The normalized spacial score (nSPS) is 17.8. The summed E-state index contributed by atoms with van der Waals surface area (Å²) in [6.07, 6.45) is 5.34. The van der Waals surface area contributed by atoms with Crippen molar-refractivity contribution in [3.63, 3.8) is 0 Å². The average molecular weight is 330 g/mol. The van der Waals surface area contributed by atoms with Crippen LogP contribution in [0.15, 0.2) is 30.3 Å². The Morgan fingerprint density at radius 3 is 2.38 bits per heavy atom. The van der Waals surface area contributed by atoms with Crippen molar-refractivity contribution in [1.29, 1.82) is 0 Å². The van der Waals surface area contributed by atoms with Crippen LogP contribution in [-0.4, -0.2) is 49.2 Å². The van der Waals surface area contributed by atoms with Gasteiger partial charge in [-0.3, -0.25) is 14.5 Å². The van der Waals surface area contributed by atoms with Crippen LogP contribution in [0.3, 0.4) is 0 Å². The number of hydrogen-bond acceptors (Lipinski definition) is 4. The predicted octanol–water partition coefficient (Wildman–Crippen LogP) is 2.47. The van der Waals surface area contributed by atoms with Crippen LogP contribution < -0.4 is 5.32 Å². The Hall–Kier alpha value is -1.52. The molecule has 0 spiro atoms. The SMILES string of the molecule is CN[C@H](C(=O)CN(C)[C@@H](Cc1ccccc1)C(C)=O)C1CCCC1. The second-order valence-electron chi connectivity index (χ2n) is 7.01. The van der Waals surface area contributed by atoms with Gasteiger partial charge in [0.15, 0.2) is 5.78 Å². The van der Waals surface area contributed by atoms with E-state index in [0.717, 1.165) is 18.4 Å². The van der Waals surface area contributed by atoms with E-state index in [0.29, 0.717) is 18.9 Å². The molecule has 24 heavy (non-hydrogen) atoms. The summed E-state index contributed by atoms with van der Waals surface area (Å²) in [5, 5.41) is 3.21. The maximum atomic E-state index is 12.7. The van der Waals surface area contributed by atoms with E-state index >= 15 is 0 Å². The van der Waals surface area contributed by atoms with Crippen molar-refractivity contribution in [2.45, 2.75) is 51.1 Å². The van der Waals surface area contributed by atoms with Crippen molar-refractivity contribution in [3.05, 3.63) is 35.9 Å². The number of nitrogens with zero attached hydrogens (tertiary/aromatic N) is 1. The van der Waals surface area contributed by atoms with Gasteiger partial charge in [0.05, 0.1) is 18.6 Å². The first kappa shape index (κ1) is 18.8. The van der Waals surface area contributed by atoms with Crippen molar-refractivity contribution in [3.8, 4) is 0 Å². The van der Waals surface area contributed by atoms with E-state index in [2.05, 4.69) is 5.32 Å². The lowest BCUT2D eigenvalue weighted by Gasteiger charge is -2.29. The van der Waals surface area contributed by atoms with Gasteiger partial charge >= 0.3 is 0 Å². The van der Waals surface area contributed by atoms with Crippen molar-refractivity contribution < 1.29 is 9.59 Å². The van der Waals surface area contributed by atoms with Crippen molar-refractivity contribution >= 4 is 11.6 Å². The molecule has 0 aromatic heterocycles. The van der Waals surface area contributed by atoms with Gasteiger partial charge in [-0.15, -0.1) is 0 Å². The van der Waals surface area contributed by atoms with Gasteiger partial charge in [-0.1, -0.05) is 43.2 Å². The molecule has 132 valence electrons. The van der Waals surface area contributed by atoms with Gasteiger partial charge < -0.3 is 5.32 Å². The number of carbonyl (C=O) groups is 2. The van der Waals surface area contributed by atoms with Crippen molar-refractivity contribution in [2.24, 2.45) is 5.92 Å². The van der Waals surface area contributed by atoms with Gasteiger partial charge in [0.25, 0.3) is 0 Å². The Morgan fingerprint density at radius 2 is 1.83 bits per heavy atom. The number of nitrogens with one attached hydrogen (secondary N) is 1. The topological polar surface area (TPSA) is 49.4 Å². The van der Waals surface area contributed by atoms with Gasteiger partial charge in [-0.25, -0.2) is 0 Å². The molecule has 1 fully saturated rings. The molecule has 0 aliphatic heterocycles. The number of likely N-dealkylation sites (N-methyl/N-ethyl adjacent to an activating group) is 2. The maximum absolute atomic E-state index is 12.7. The fourth-order valence-electron chi connectivity index (χ4n) is 3.85. The molecule has 1 N–H and O–H groups in total. The second kappa shape index (κ2) is 9.09. The highest BCUT2D eigenvalue weighted by Crippen LogP contribution is 2.28. The molecule has 2 rings (SSSR count). The highest BCUT2D eigenvalue weighted by molar-refractivity contribution is 5.87. The standard InChI is InChI=1S/C20H30N2O2/c1-15(23)18(13-16-9-5-4-6-10-16)22(3)14-19(24)20(21-2)17-11-7-8-12-17/h4-6,9-10,17-18,20-21H,7-8,11-14H2,1-3H3/t18-,20-/m0/s1. The molecule has 0 radical (unpaired) electrons. The zero-order valence-electron chi connectivity index (χ0n) is 15.1. The minimum atomic E-state index is -0.252. The molecule has 1 aromatic rings. The fourth-order valence-corrected chi connectivity index (χ4v) is 3.85. The molecule has 2 atom stereocenters. The first-order chi connectivity index (χ1) is 11.5.